The van der Waals surface area contributed by atoms with Crippen LogP contribution in [0, 0.1) is 0 Å². The molecule has 2 amide bonds. The standard InChI is InChI=1S/C20H18ClN5O4S/c1-26-17(9-22-19(28)12-5-6-15-16(7-12)30-11-29-15)24-25-20(26)31-10-18(27)23-14-4-2-3-13(21)8-14/h2-8H,9-11H2,1H3,(H,22,28)(H,23,27). The number of hydrogen-bond acceptors (Lipinski definition) is 7. The van der Waals surface area contributed by atoms with Gasteiger partial charge in [-0.3, -0.25) is 9.59 Å². The molecule has 1 aliphatic heterocycles. The minimum absolute atomic E-state index is 0.150. The molecule has 31 heavy (non-hydrogen) atoms. The molecule has 9 nitrogen and oxygen atoms in total. The third-order valence-corrected chi connectivity index (χ3v) is 5.66. The SMILES string of the molecule is Cn1c(CNC(=O)c2ccc3c(c2)OCO3)nnc1SCC(=O)Nc1cccc(Cl)c1. The van der Waals surface area contributed by atoms with Gasteiger partial charge in [0.2, 0.25) is 12.7 Å². The quantitative estimate of drug-likeness (QED) is 0.523. The highest BCUT2D eigenvalue weighted by molar-refractivity contribution is 7.99. The first-order chi connectivity index (χ1) is 15.0. The van der Waals surface area contributed by atoms with Crippen LogP contribution >= 0.6 is 23.4 Å². The molecule has 0 fully saturated rings. The maximum Gasteiger partial charge on any atom is 0.251 e. The molecule has 0 spiro atoms. The molecule has 0 aliphatic carbocycles. The summed E-state index contributed by atoms with van der Waals surface area (Å²) < 4.78 is 12.3. The Bertz CT molecular complexity index is 1140. The number of aromatic nitrogens is 3. The van der Waals surface area contributed by atoms with Gasteiger partial charge in [0, 0.05) is 23.3 Å². The number of nitrogens with one attached hydrogen (secondary N) is 2. The molecule has 160 valence electrons. The number of carbonyl (C=O) groups is 2. The fourth-order valence-electron chi connectivity index (χ4n) is 2.82. The van der Waals surface area contributed by atoms with E-state index in [4.69, 9.17) is 21.1 Å². The van der Waals surface area contributed by atoms with Crippen LogP contribution in [-0.2, 0) is 18.4 Å². The van der Waals surface area contributed by atoms with Gasteiger partial charge in [0.25, 0.3) is 5.91 Å². The Kier molecular flexibility index (Phi) is 6.28. The number of nitrogens with zero attached hydrogens (tertiary/aromatic N) is 3. The summed E-state index contributed by atoms with van der Waals surface area (Å²) >= 11 is 7.17. The van der Waals surface area contributed by atoms with E-state index in [1.54, 1.807) is 54.1 Å². The summed E-state index contributed by atoms with van der Waals surface area (Å²) in [5.41, 5.74) is 1.08. The molecular weight excluding hydrogens is 442 g/mol. The van der Waals surface area contributed by atoms with E-state index in [-0.39, 0.29) is 30.9 Å². The van der Waals surface area contributed by atoms with Crippen molar-refractivity contribution in [2.75, 3.05) is 17.9 Å². The zero-order valence-corrected chi connectivity index (χ0v) is 18.0. The van der Waals surface area contributed by atoms with Gasteiger partial charge in [-0.25, -0.2) is 0 Å². The van der Waals surface area contributed by atoms with E-state index in [0.29, 0.717) is 38.8 Å². The summed E-state index contributed by atoms with van der Waals surface area (Å²) in [4.78, 5) is 24.6. The largest absolute Gasteiger partial charge is 0.454 e. The van der Waals surface area contributed by atoms with Crippen molar-refractivity contribution < 1.29 is 19.1 Å². The number of halogens is 1. The van der Waals surface area contributed by atoms with Crippen LogP contribution in [-0.4, -0.2) is 39.1 Å². The molecule has 0 atom stereocenters. The van der Waals surface area contributed by atoms with Crippen LogP contribution < -0.4 is 20.1 Å². The lowest BCUT2D eigenvalue weighted by Crippen LogP contribution is -2.24. The van der Waals surface area contributed by atoms with Gasteiger partial charge in [-0.15, -0.1) is 10.2 Å². The second-order valence-electron chi connectivity index (χ2n) is 6.56. The van der Waals surface area contributed by atoms with E-state index >= 15 is 0 Å². The van der Waals surface area contributed by atoms with Crippen molar-refractivity contribution in [3.8, 4) is 11.5 Å². The summed E-state index contributed by atoms with van der Waals surface area (Å²) in [5.74, 6) is 1.42. The monoisotopic (exact) mass is 459 g/mol. The Balaban J connectivity index is 1.29. The molecule has 2 aromatic carbocycles. The average Bonchev–Trinajstić information content (AvgIpc) is 3.36. The maximum atomic E-state index is 12.4. The predicted molar refractivity (Wildman–Crippen MR) is 116 cm³/mol. The summed E-state index contributed by atoms with van der Waals surface area (Å²) in [6, 6.07) is 11.9. The summed E-state index contributed by atoms with van der Waals surface area (Å²) in [6.45, 7) is 0.336. The van der Waals surface area contributed by atoms with Gasteiger partial charge in [-0.1, -0.05) is 29.4 Å². The van der Waals surface area contributed by atoms with E-state index in [1.807, 2.05) is 0 Å². The van der Waals surface area contributed by atoms with E-state index in [9.17, 15) is 9.59 Å². The first-order valence-corrected chi connectivity index (χ1v) is 10.6. The molecule has 2 N–H and O–H groups in total. The number of ether oxygens (including phenoxy) is 2. The van der Waals surface area contributed by atoms with Crippen LogP contribution in [0.4, 0.5) is 5.69 Å². The smallest absolute Gasteiger partial charge is 0.251 e. The Morgan fingerprint density at radius 2 is 2.00 bits per heavy atom. The van der Waals surface area contributed by atoms with Gasteiger partial charge in [0.1, 0.15) is 0 Å². The molecule has 1 aliphatic rings. The van der Waals surface area contributed by atoms with Crippen LogP contribution in [0.25, 0.3) is 0 Å². The number of anilines is 1. The van der Waals surface area contributed by atoms with Crippen LogP contribution in [0.1, 0.15) is 16.2 Å². The fraction of sp³-hybridized carbons (Fsp3) is 0.200. The van der Waals surface area contributed by atoms with E-state index in [0.717, 1.165) is 0 Å². The summed E-state index contributed by atoms with van der Waals surface area (Å²) in [5, 5.41) is 14.9. The predicted octanol–water partition coefficient (Wildman–Crippen LogP) is 2.86. The molecule has 1 aromatic heterocycles. The normalized spacial score (nSPS) is 11.9. The molecule has 0 saturated heterocycles. The highest BCUT2D eigenvalue weighted by Gasteiger charge is 2.17. The number of fused-ring (bicyclic) bond motifs is 1. The number of thioether (sulfide) groups is 1. The molecular formula is C20H18ClN5O4S. The summed E-state index contributed by atoms with van der Waals surface area (Å²) in [7, 11) is 1.78. The van der Waals surface area contributed by atoms with Gasteiger partial charge < -0.3 is 24.7 Å². The second kappa shape index (κ2) is 9.27. The third-order valence-electron chi connectivity index (χ3n) is 4.41. The van der Waals surface area contributed by atoms with Gasteiger partial charge in [0.05, 0.1) is 12.3 Å². The summed E-state index contributed by atoms with van der Waals surface area (Å²) in [6.07, 6.45) is 0. The highest BCUT2D eigenvalue weighted by atomic mass is 35.5. The van der Waals surface area contributed by atoms with Crippen molar-refractivity contribution in [1.29, 1.82) is 0 Å². The van der Waals surface area contributed by atoms with Crippen LogP contribution in [0.5, 0.6) is 11.5 Å². The Hall–Kier alpha value is -3.24. The highest BCUT2D eigenvalue weighted by Crippen LogP contribution is 2.32. The van der Waals surface area contributed by atoms with Crippen molar-refractivity contribution in [1.82, 2.24) is 20.1 Å². The lowest BCUT2D eigenvalue weighted by Gasteiger charge is -2.07. The average molecular weight is 460 g/mol. The van der Waals surface area contributed by atoms with Gasteiger partial charge in [-0.05, 0) is 36.4 Å². The molecule has 0 unspecified atom stereocenters. The molecule has 0 bridgehead atoms. The first-order valence-electron chi connectivity index (χ1n) is 9.24. The third kappa shape index (κ3) is 5.09. The zero-order chi connectivity index (χ0) is 21.8. The molecule has 0 saturated carbocycles. The van der Waals surface area contributed by atoms with Crippen molar-refractivity contribution in [3.63, 3.8) is 0 Å². The van der Waals surface area contributed by atoms with Crippen LogP contribution in [0.3, 0.4) is 0 Å². The lowest BCUT2D eigenvalue weighted by atomic mass is 10.2. The van der Waals surface area contributed by atoms with Gasteiger partial charge in [-0.2, -0.15) is 0 Å². The maximum absolute atomic E-state index is 12.4. The molecule has 11 heteroatoms. The topological polar surface area (TPSA) is 107 Å². The van der Waals surface area contributed by atoms with Crippen molar-refractivity contribution in [2.24, 2.45) is 7.05 Å². The van der Waals surface area contributed by atoms with E-state index in [2.05, 4.69) is 20.8 Å². The molecule has 2 heterocycles. The number of benzene rings is 2. The number of amides is 2. The first kappa shape index (κ1) is 21.0. The van der Waals surface area contributed by atoms with E-state index < -0.39 is 0 Å². The van der Waals surface area contributed by atoms with Crippen molar-refractivity contribution in [3.05, 3.63) is 58.9 Å². The minimum atomic E-state index is -0.267. The minimum Gasteiger partial charge on any atom is -0.454 e. The Morgan fingerprint density at radius 3 is 2.84 bits per heavy atom. The Morgan fingerprint density at radius 1 is 1.16 bits per heavy atom. The second-order valence-corrected chi connectivity index (χ2v) is 7.93. The van der Waals surface area contributed by atoms with Crippen LogP contribution in [0.2, 0.25) is 5.02 Å². The molecule has 4 rings (SSSR count). The zero-order valence-electron chi connectivity index (χ0n) is 16.4. The van der Waals surface area contributed by atoms with Gasteiger partial charge in [0.15, 0.2) is 22.5 Å². The van der Waals surface area contributed by atoms with Crippen molar-refractivity contribution in [2.45, 2.75) is 11.7 Å². The fourth-order valence-corrected chi connectivity index (χ4v) is 3.74. The number of hydrogen-bond donors (Lipinski definition) is 2. The number of rotatable bonds is 7. The number of carbonyl (C=O) groups excluding carboxylic acids is 2. The van der Waals surface area contributed by atoms with Crippen molar-refractivity contribution >= 4 is 40.9 Å². The van der Waals surface area contributed by atoms with Crippen LogP contribution in [0.15, 0.2) is 47.6 Å². The molecule has 3 aromatic rings. The van der Waals surface area contributed by atoms with E-state index in [1.165, 1.54) is 11.8 Å². The van der Waals surface area contributed by atoms with Gasteiger partial charge >= 0.3 is 0 Å². The Labute approximate surface area is 187 Å². The lowest BCUT2D eigenvalue weighted by molar-refractivity contribution is -0.113. The molecule has 0 radical (unpaired) electrons.